The van der Waals surface area contributed by atoms with Crippen molar-refractivity contribution in [3.05, 3.63) is 21.0 Å². The average Bonchev–Trinajstić information content (AvgIpc) is 2.70. The van der Waals surface area contributed by atoms with Crippen LogP contribution in [0.25, 0.3) is 0 Å². The molecule has 3 rings (SSSR count). The molecule has 2 saturated heterocycles. The van der Waals surface area contributed by atoms with E-state index in [9.17, 15) is 0 Å². The summed E-state index contributed by atoms with van der Waals surface area (Å²) < 4.78 is 7.44. The van der Waals surface area contributed by atoms with E-state index in [1.165, 1.54) is 12.8 Å². The Morgan fingerprint density at radius 2 is 1.94 bits per heavy atom. The number of piperidine rings is 1. The van der Waals surface area contributed by atoms with E-state index >= 15 is 0 Å². The molecular weight excluding hydrogens is 348 g/mol. The molecule has 0 radical (unpaired) electrons. The Morgan fingerprint density at radius 3 is 2.47 bits per heavy atom. The number of furan rings is 1. The zero-order valence-corrected chi connectivity index (χ0v) is 12.7. The minimum absolute atomic E-state index is 0.402. The van der Waals surface area contributed by atoms with Gasteiger partial charge in [0.15, 0.2) is 4.67 Å². The highest BCUT2D eigenvalue weighted by atomic mass is 79.9. The van der Waals surface area contributed by atoms with Crippen LogP contribution in [0.2, 0.25) is 0 Å². The molecule has 0 aliphatic carbocycles. The normalized spacial score (nSPS) is 33.2. The van der Waals surface area contributed by atoms with Crippen molar-refractivity contribution in [3.63, 3.8) is 0 Å². The van der Waals surface area contributed by atoms with Crippen LogP contribution in [0.4, 0.5) is 0 Å². The summed E-state index contributed by atoms with van der Waals surface area (Å²) in [6, 6.07) is 3.77. The van der Waals surface area contributed by atoms with Crippen LogP contribution in [0, 0.1) is 0 Å². The largest absolute Gasteiger partial charge is 0.452 e. The third kappa shape index (κ3) is 2.35. The molecule has 3 heterocycles. The molecule has 0 saturated carbocycles. The van der Waals surface area contributed by atoms with E-state index in [1.54, 1.807) is 0 Å². The third-order valence-electron chi connectivity index (χ3n) is 3.96. The fourth-order valence-corrected chi connectivity index (χ4v) is 3.88. The van der Waals surface area contributed by atoms with Gasteiger partial charge in [-0.05, 0) is 63.6 Å². The van der Waals surface area contributed by atoms with Crippen molar-refractivity contribution in [1.82, 2.24) is 4.90 Å². The fourth-order valence-electron chi connectivity index (χ4n) is 3.22. The number of hydrogen-bond donors (Lipinski definition) is 1. The summed E-state index contributed by atoms with van der Waals surface area (Å²) in [7, 11) is 0. The summed E-state index contributed by atoms with van der Waals surface area (Å²) in [4.78, 5) is 2.57. The molecule has 2 atom stereocenters. The van der Waals surface area contributed by atoms with E-state index in [0.717, 1.165) is 34.3 Å². The predicted molar refractivity (Wildman–Crippen MR) is 73.7 cm³/mol. The molecule has 94 valence electrons. The Bertz CT molecular complexity index is 387. The molecular formula is C12H16Br2N2O. The van der Waals surface area contributed by atoms with Crippen LogP contribution in [0.15, 0.2) is 19.6 Å². The quantitative estimate of drug-likeness (QED) is 0.876. The summed E-state index contributed by atoms with van der Waals surface area (Å²) in [6.07, 6.45) is 4.86. The molecule has 2 bridgehead atoms. The molecule has 2 aliphatic rings. The molecule has 0 aromatic carbocycles. The van der Waals surface area contributed by atoms with Crippen LogP contribution in [0.3, 0.4) is 0 Å². The maximum atomic E-state index is 6.07. The summed E-state index contributed by atoms with van der Waals surface area (Å²) in [5.41, 5.74) is 6.07. The molecule has 17 heavy (non-hydrogen) atoms. The standard InChI is InChI=1S/C12H16Br2N2O/c13-11-5-10(17-12(11)14)6-16-8-1-2-9(16)4-7(15)3-8/h5,7-9H,1-4,6,15H2. The second kappa shape index (κ2) is 4.68. The van der Waals surface area contributed by atoms with Gasteiger partial charge in [-0.2, -0.15) is 0 Å². The van der Waals surface area contributed by atoms with E-state index in [1.807, 2.05) is 0 Å². The lowest BCUT2D eigenvalue weighted by molar-refractivity contribution is 0.110. The smallest absolute Gasteiger partial charge is 0.183 e. The number of nitrogens with two attached hydrogens (primary N) is 1. The molecule has 2 N–H and O–H groups in total. The Labute approximate surface area is 118 Å². The first-order chi connectivity index (χ1) is 8.13. The van der Waals surface area contributed by atoms with Crippen LogP contribution in [-0.4, -0.2) is 23.0 Å². The molecule has 2 fully saturated rings. The highest BCUT2D eigenvalue weighted by Crippen LogP contribution is 2.37. The number of rotatable bonds is 2. The second-order valence-corrected chi connectivity index (χ2v) is 6.70. The number of nitrogens with zero attached hydrogens (tertiary/aromatic N) is 1. The van der Waals surface area contributed by atoms with Crippen LogP contribution in [0.1, 0.15) is 31.4 Å². The summed E-state index contributed by atoms with van der Waals surface area (Å²) in [5.74, 6) is 1.02. The van der Waals surface area contributed by atoms with E-state index in [0.29, 0.717) is 18.1 Å². The van der Waals surface area contributed by atoms with Gasteiger partial charge in [-0.25, -0.2) is 0 Å². The molecule has 1 aromatic heterocycles. The van der Waals surface area contributed by atoms with Gasteiger partial charge in [0.05, 0.1) is 11.0 Å². The van der Waals surface area contributed by atoms with Crippen LogP contribution < -0.4 is 5.73 Å². The van der Waals surface area contributed by atoms with Crippen LogP contribution in [0.5, 0.6) is 0 Å². The zero-order chi connectivity index (χ0) is 12.0. The van der Waals surface area contributed by atoms with Crippen LogP contribution >= 0.6 is 31.9 Å². The van der Waals surface area contributed by atoms with Gasteiger partial charge in [0.2, 0.25) is 0 Å². The summed E-state index contributed by atoms with van der Waals surface area (Å²) in [6.45, 7) is 0.909. The lowest BCUT2D eigenvalue weighted by atomic mass is 9.98. The lowest BCUT2D eigenvalue weighted by Crippen LogP contribution is -2.46. The minimum Gasteiger partial charge on any atom is -0.452 e. The number of hydrogen-bond acceptors (Lipinski definition) is 3. The molecule has 1 aromatic rings. The maximum Gasteiger partial charge on any atom is 0.183 e. The van der Waals surface area contributed by atoms with E-state index in [-0.39, 0.29) is 0 Å². The minimum atomic E-state index is 0.402. The molecule has 2 aliphatic heterocycles. The topological polar surface area (TPSA) is 42.4 Å². The first kappa shape index (κ1) is 12.2. The van der Waals surface area contributed by atoms with Gasteiger partial charge >= 0.3 is 0 Å². The van der Waals surface area contributed by atoms with Crippen molar-refractivity contribution in [2.75, 3.05) is 0 Å². The SMILES string of the molecule is NC1CC2CCC(C1)N2Cc1cc(Br)c(Br)o1. The van der Waals surface area contributed by atoms with E-state index < -0.39 is 0 Å². The highest BCUT2D eigenvalue weighted by Gasteiger charge is 2.39. The van der Waals surface area contributed by atoms with Crippen molar-refractivity contribution in [1.29, 1.82) is 0 Å². The molecule has 0 amide bonds. The first-order valence-electron chi connectivity index (χ1n) is 6.08. The van der Waals surface area contributed by atoms with Gasteiger partial charge in [0.25, 0.3) is 0 Å². The highest BCUT2D eigenvalue weighted by molar-refractivity contribution is 9.13. The Hall–Kier alpha value is 0.160. The third-order valence-corrected chi connectivity index (χ3v) is 5.67. The molecule has 5 heteroatoms. The van der Waals surface area contributed by atoms with E-state index in [4.69, 9.17) is 10.2 Å². The molecule has 3 nitrogen and oxygen atoms in total. The second-order valence-electron chi connectivity index (χ2n) is 5.12. The van der Waals surface area contributed by atoms with Crippen molar-refractivity contribution >= 4 is 31.9 Å². The Balaban J connectivity index is 1.74. The lowest BCUT2D eigenvalue weighted by Gasteiger charge is -2.37. The summed E-state index contributed by atoms with van der Waals surface area (Å²) >= 11 is 6.84. The van der Waals surface area contributed by atoms with Crippen molar-refractivity contribution in [2.24, 2.45) is 5.73 Å². The predicted octanol–water partition coefficient (Wildman–Crippen LogP) is 3.26. The first-order valence-corrected chi connectivity index (χ1v) is 7.67. The molecule has 2 unspecified atom stereocenters. The van der Waals surface area contributed by atoms with E-state index in [2.05, 4.69) is 42.8 Å². The average molecular weight is 364 g/mol. The van der Waals surface area contributed by atoms with Gasteiger partial charge in [-0.1, -0.05) is 0 Å². The van der Waals surface area contributed by atoms with Gasteiger partial charge in [0.1, 0.15) is 5.76 Å². The van der Waals surface area contributed by atoms with Crippen molar-refractivity contribution < 1.29 is 4.42 Å². The zero-order valence-electron chi connectivity index (χ0n) is 9.53. The van der Waals surface area contributed by atoms with Crippen LogP contribution in [-0.2, 0) is 6.54 Å². The maximum absolute atomic E-state index is 6.07. The van der Waals surface area contributed by atoms with Gasteiger partial charge < -0.3 is 10.2 Å². The van der Waals surface area contributed by atoms with Gasteiger partial charge in [-0.15, -0.1) is 0 Å². The Kier molecular flexibility index (Phi) is 3.36. The summed E-state index contributed by atoms with van der Waals surface area (Å²) in [5, 5.41) is 0. The number of fused-ring (bicyclic) bond motifs is 2. The van der Waals surface area contributed by atoms with Crippen molar-refractivity contribution in [3.8, 4) is 0 Å². The van der Waals surface area contributed by atoms with Crippen molar-refractivity contribution in [2.45, 2.75) is 50.4 Å². The number of halogens is 2. The monoisotopic (exact) mass is 362 g/mol. The Morgan fingerprint density at radius 1 is 1.29 bits per heavy atom. The molecule has 0 spiro atoms. The van der Waals surface area contributed by atoms with Gasteiger partial charge in [0, 0.05) is 18.1 Å². The van der Waals surface area contributed by atoms with Gasteiger partial charge in [-0.3, -0.25) is 4.90 Å². The fraction of sp³-hybridized carbons (Fsp3) is 0.667.